The molecular formula is C22H31N3O. The van der Waals surface area contributed by atoms with E-state index < -0.39 is 0 Å². The number of aliphatic hydroxyl groups is 1. The molecule has 2 aliphatic rings. The average Bonchev–Trinajstić information content (AvgIpc) is 3.26. The van der Waals surface area contributed by atoms with Gasteiger partial charge in [-0.2, -0.15) is 5.10 Å². The summed E-state index contributed by atoms with van der Waals surface area (Å²) >= 11 is 0. The second-order valence-electron chi connectivity index (χ2n) is 8.66. The molecule has 0 saturated heterocycles. The van der Waals surface area contributed by atoms with Crippen molar-refractivity contribution in [2.45, 2.75) is 62.8 Å². The molecule has 2 aromatic rings. The van der Waals surface area contributed by atoms with E-state index in [1.165, 1.54) is 42.4 Å². The van der Waals surface area contributed by atoms with Crippen molar-refractivity contribution >= 4 is 0 Å². The van der Waals surface area contributed by atoms with Crippen molar-refractivity contribution in [3.8, 4) is 0 Å². The molecule has 0 radical (unpaired) electrons. The number of aromatic nitrogens is 2. The van der Waals surface area contributed by atoms with Gasteiger partial charge in [-0.1, -0.05) is 18.2 Å². The molecular weight excluding hydrogens is 322 g/mol. The number of rotatable bonds is 5. The van der Waals surface area contributed by atoms with Gasteiger partial charge in [-0.05, 0) is 85.5 Å². The van der Waals surface area contributed by atoms with Gasteiger partial charge in [0.25, 0.3) is 0 Å². The van der Waals surface area contributed by atoms with E-state index in [4.69, 9.17) is 5.73 Å². The smallest absolute Gasteiger partial charge is 0.0611 e. The quantitative estimate of drug-likeness (QED) is 0.868. The zero-order chi connectivity index (χ0) is 18.1. The first-order chi connectivity index (χ1) is 12.5. The number of aliphatic hydroxyl groups excluding tert-OH is 1. The van der Waals surface area contributed by atoms with Crippen LogP contribution in [0, 0.1) is 5.92 Å². The van der Waals surface area contributed by atoms with Crippen molar-refractivity contribution in [3.63, 3.8) is 0 Å². The van der Waals surface area contributed by atoms with Crippen LogP contribution in [0.2, 0.25) is 0 Å². The summed E-state index contributed by atoms with van der Waals surface area (Å²) in [5.41, 5.74) is 11.8. The highest BCUT2D eigenvalue weighted by Crippen LogP contribution is 2.40. The summed E-state index contributed by atoms with van der Waals surface area (Å²) in [7, 11) is 1.98. The topological polar surface area (TPSA) is 64.1 Å². The third-order valence-corrected chi connectivity index (χ3v) is 6.59. The van der Waals surface area contributed by atoms with Crippen molar-refractivity contribution in [1.29, 1.82) is 0 Å². The van der Waals surface area contributed by atoms with Gasteiger partial charge in [0.05, 0.1) is 12.8 Å². The fraction of sp³-hybridized carbons (Fsp3) is 0.591. The lowest BCUT2D eigenvalue weighted by molar-refractivity contribution is 0.198. The van der Waals surface area contributed by atoms with Crippen LogP contribution in [0.3, 0.4) is 0 Å². The first-order valence-electron chi connectivity index (χ1n) is 10.0. The van der Waals surface area contributed by atoms with Gasteiger partial charge in [-0.25, -0.2) is 0 Å². The Morgan fingerprint density at radius 1 is 1.31 bits per heavy atom. The van der Waals surface area contributed by atoms with Gasteiger partial charge in [0.15, 0.2) is 0 Å². The van der Waals surface area contributed by atoms with E-state index >= 15 is 0 Å². The third-order valence-electron chi connectivity index (χ3n) is 6.59. The highest BCUT2D eigenvalue weighted by atomic mass is 16.3. The molecule has 4 nitrogen and oxygen atoms in total. The standard InChI is InChI=1S/C22H31N3O/c1-25-14-17(13-24-25)3-2-16-4-5-19-11-20(7-6-18(19)10-16)21-8-9-22(23,12-21)15-26/h6-7,11,13-14,16,21,26H,2-5,8-10,12,15,23H2,1H3/t16-,21-,22+/m0/s1. The Hall–Kier alpha value is -1.65. The molecule has 0 unspecified atom stereocenters. The maximum Gasteiger partial charge on any atom is 0.0611 e. The number of nitrogens with zero attached hydrogens (tertiary/aromatic N) is 2. The summed E-state index contributed by atoms with van der Waals surface area (Å²) in [5, 5.41) is 13.8. The van der Waals surface area contributed by atoms with Crippen LogP contribution >= 0.6 is 0 Å². The van der Waals surface area contributed by atoms with Crippen LogP contribution in [-0.2, 0) is 26.3 Å². The minimum absolute atomic E-state index is 0.104. The molecule has 1 aromatic carbocycles. The van der Waals surface area contributed by atoms with Crippen molar-refractivity contribution in [3.05, 3.63) is 52.8 Å². The van der Waals surface area contributed by atoms with Crippen molar-refractivity contribution < 1.29 is 5.11 Å². The van der Waals surface area contributed by atoms with Gasteiger partial charge in [-0.3, -0.25) is 4.68 Å². The van der Waals surface area contributed by atoms with E-state index in [0.717, 1.165) is 31.6 Å². The van der Waals surface area contributed by atoms with E-state index in [9.17, 15) is 5.11 Å². The van der Waals surface area contributed by atoms with E-state index in [1.54, 1.807) is 5.56 Å². The van der Waals surface area contributed by atoms with Crippen LogP contribution in [0.4, 0.5) is 0 Å². The molecule has 0 amide bonds. The van der Waals surface area contributed by atoms with Crippen LogP contribution in [-0.4, -0.2) is 27.0 Å². The summed E-state index contributed by atoms with van der Waals surface area (Å²) in [5.74, 6) is 1.30. The molecule has 3 N–H and O–H groups in total. The van der Waals surface area contributed by atoms with Crippen molar-refractivity contribution in [1.82, 2.24) is 9.78 Å². The van der Waals surface area contributed by atoms with Crippen LogP contribution in [0.1, 0.15) is 60.3 Å². The van der Waals surface area contributed by atoms with Crippen LogP contribution in [0.25, 0.3) is 0 Å². The average molecular weight is 354 g/mol. The Bertz CT molecular complexity index is 768. The Balaban J connectivity index is 1.38. The zero-order valence-electron chi connectivity index (χ0n) is 15.8. The number of aryl methyl sites for hydroxylation is 3. The predicted molar refractivity (Wildman–Crippen MR) is 104 cm³/mol. The van der Waals surface area contributed by atoms with E-state index in [0.29, 0.717) is 5.92 Å². The lowest BCUT2D eigenvalue weighted by Gasteiger charge is -2.26. The van der Waals surface area contributed by atoms with Crippen LogP contribution < -0.4 is 5.73 Å². The molecule has 4 heteroatoms. The number of fused-ring (bicyclic) bond motifs is 1. The first kappa shape index (κ1) is 17.7. The Kier molecular flexibility index (Phi) is 4.89. The van der Waals surface area contributed by atoms with Crippen LogP contribution in [0.5, 0.6) is 0 Å². The van der Waals surface area contributed by atoms with Gasteiger partial charge >= 0.3 is 0 Å². The molecule has 1 heterocycles. The summed E-state index contributed by atoms with van der Waals surface area (Å²) in [6.45, 7) is 0.104. The van der Waals surface area contributed by atoms with Crippen molar-refractivity contribution in [2.75, 3.05) is 6.61 Å². The van der Waals surface area contributed by atoms with Crippen LogP contribution in [0.15, 0.2) is 30.6 Å². The molecule has 1 saturated carbocycles. The molecule has 2 aliphatic carbocycles. The monoisotopic (exact) mass is 353 g/mol. The number of nitrogens with two attached hydrogens (primary N) is 1. The molecule has 140 valence electrons. The maximum absolute atomic E-state index is 9.52. The van der Waals surface area contributed by atoms with Gasteiger partial charge < -0.3 is 10.8 Å². The molecule has 1 aromatic heterocycles. The minimum atomic E-state index is -0.363. The lowest BCUT2D eigenvalue weighted by atomic mass is 9.79. The fourth-order valence-electron chi connectivity index (χ4n) is 4.91. The summed E-state index contributed by atoms with van der Waals surface area (Å²) in [4.78, 5) is 0. The van der Waals surface area contributed by atoms with Gasteiger partial charge in [0.1, 0.15) is 0 Å². The second-order valence-corrected chi connectivity index (χ2v) is 8.66. The minimum Gasteiger partial charge on any atom is -0.394 e. The predicted octanol–water partition coefficient (Wildman–Crippen LogP) is 3.12. The summed E-state index contributed by atoms with van der Waals surface area (Å²) in [6, 6.07) is 7.10. The number of hydrogen-bond acceptors (Lipinski definition) is 3. The molecule has 26 heavy (non-hydrogen) atoms. The lowest BCUT2D eigenvalue weighted by Crippen LogP contribution is -2.40. The zero-order valence-corrected chi connectivity index (χ0v) is 15.8. The Morgan fingerprint density at radius 3 is 2.92 bits per heavy atom. The van der Waals surface area contributed by atoms with Crippen molar-refractivity contribution in [2.24, 2.45) is 18.7 Å². The first-order valence-corrected chi connectivity index (χ1v) is 10.0. The molecule has 1 fully saturated rings. The highest BCUT2D eigenvalue weighted by Gasteiger charge is 2.36. The third kappa shape index (κ3) is 3.72. The molecule has 0 aliphatic heterocycles. The van der Waals surface area contributed by atoms with Gasteiger partial charge in [0, 0.05) is 18.8 Å². The highest BCUT2D eigenvalue weighted by molar-refractivity contribution is 5.36. The van der Waals surface area contributed by atoms with E-state index in [2.05, 4.69) is 29.5 Å². The van der Waals surface area contributed by atoms with E-state index in [-0.39, 0.29) is 12.1 Å². The van der Waals surface area contributed by atoms with E-state index in [1.807, 2.05) is 17.9 Å². The normalized spacial score (nSPS) is 28.3. The molecule has 4 rings (SSSR count). The Labute approximate surface area is 156 Å². The fourth-order valence-corrected chi connectivity index (χ4v) is 4.91. The summed E-state index contributed by atoms with van der Waals surface area (Å²) in [6.07, 6.45) is 13.2. The molecule has 0 bridgehead atoms. The second kappa shape index (κ2) is 7.16. The molecule has 0 spiro atoms. The number of benzene rings is 1. The summed E-state index contributed by atoms with van der Waals surface area (Å²) < 4.78 is 1.89. The van der Waals surface area contributed by atoms with Gasteiger partial charge in [0.2, 0.25) is 0 Å². The number of hydrogen-bond donors (Lipinski definition) is 2. The van der Waals surface area contributed by atoms with Gasteiger partial charge in [-0.15, -0.1) is 0 Å². The molecule has 3 atom stereocenters. The largest absolute Gasteiger partial charge is 0.394 e. The SMILES string of the molecule is Cn1cc(CC[C@H]2CCc3cc([C@H]4CC[C@](N)(CO)C4)ccc3C2)cn1. The maximum atomic E-state index is 9.52. The Morgan fingerprint density at radius 2 is 2.19 bits per heavy atom.